The molecule has 7 rings (SSSR count). The second-order valence-electron chi connectivity index (χ2n) is 11.5. The zero-order chi connectivity index (χ0) is 34.1. The predicted octanol–water partition coefficient (Wildman–Crippen LogP) is 7.31. The molecule has 12 heteroatoms. The molecule has 0 saturated carbocycles. The molecule has 0 spiro atoms. The average molecular weight is 690 g/mol. The first-order chi connectivity index (χ1) is 23.8. The number of carbonyl (C=O) groups is 2. The van der Waals surface area contributed by atoms with E-state index in [0.29, 0.717) is 50.8 Å². The number of hydrogen-bond donors (Lipinski definition) is 1. The van der Waals surface area contributed by atoms with Gasteiger partial charge in [-0.1, -0.05) is 95.4 Å². The molecule has 1 N–H and O–H groups in total. The minimum atomic E-state index is -1.05. The summed E-state index contributed by atoms with van der Waals surface area (Å²) < 4.78 is 14.1. The predicted molar refractivity (Wildman–Crippen MR) is 189 cm³/mol. The summed E-state index contributed by atoms with van der Waals surface area (Å²) in [6.07, 6.45) is 1.75. The van der Waals surface area contributed by atoms with Crippen LogP contribution in [0, 0.1) is 13.8 Å². The number of methoxy groups -OCH3 is 1. The van der Waals surface area contributed by atoms with Crippen LogP contribution in [-0.4, -0.2) is 43.5 Å². The Morgan fingerprint density at radius 3 is 2.47 bits per heavy atom. The molecule has 6 aromatic rings. The lowest BCUT2D eigenvalue weighted by molar-refractivity contribution is -0.132. The molecule has 1 unspecified atom stereocenters. The minimum absolute atomic E-state index is 0.0946. The summed E-state index contributed by atoms with van der Waals surface area (Å²) in [4.78, 5) is 33.7. The van der Waals surface area contributed by atoms with E-state index in [1.165, 1.54) is 40.7 Å². The van der Waals surface area contributed by atoms with Crippen molar-refractivity contribution in [1.82, 2.24) is 19.6 Å². The Labute approximate surface area is 290 Å². The summed E-state index contributed by atoms with van der Waals surface area (Å²) in [5, 5.41) is 20.9. The number of aryl methyl sites for hydroxylation is 2. The second-order valence-corrected chi connectivity index (χ2v) is 13.6. The molecule has 4 heterocycles. The largest absolute Gasteiger partial charge is 0.505 e. The number of amides is 1. The van der Waals surface area contributed by atoms with E-state index in [4.69, 9.17) is 9.47 Å². The van der Waals surface area contributed by atoms with E-state index in [0.717, 1.165) is 11.1 Å². The standard InChI is InChI=1S/C37H31N5O5S2/c1-22-12-14-25(15-13-22)21-48-37-40-39-36(49-37)42-32(26-16-17-27(28(19-26)46-3)47-20-24-9-5-4-6-10-24)30(34(44)35(42)45)33(43)31-23(2)38-29-11-7-8-18-41(29)31/h4-19,32,43H,20-21H2,1-3H3. The number of nitrogens with zero attached hydrogens (tertiary/aromatic N) is 5. The van der Waals surface area contributed by atoms with Crippen LogP contribution in [0.5, 0.6) is 11.5 Å². The Kier molecular flexibility index (Phi) is 8.89. The maximum atomic E-state index is 13.9. The molecule has 3 aromatic carbocycles. The average Bonchev–Trinajstić information content (AvgIpc) is 3.80. The number of imidazole rings is 1. The van der Waals surface area contributed by atoms with Gasteiger partial charge in [-0.15, -0.1) is 10.2 Å². The molecule has 1 aliphatic rings. The summed E-state index contributed by atoms with van der Waals surface area (Å²) >= 11 is 2.70. The molecule has 246 valence electrons. The molecule has 0 aliphatic carbocycles. The molecule has 1 amide bonds. The first kappa shape index (κ1) is 32.1. The van der Waals surface area contributed by atoms with E-state index in [1.54, 1.807) is 47.9 Å². The third kappa shape index (κ3) is 6.28. The van der Waals surface area contributed by atoms with Gasteiger partial charge < -0.3 is 14.6 Å². The van der Waals surface area contributed by atoms with Crippen LogP contribution < -0.4 is 14.4 Å². The molecule has 0 bridgehead atoms. The lowest BCUT2D eigenvalue weighted by Crippen LogP contribution is -2.29. The van der Waals surface area contributed by atoms with Crippen molar-refractivity contribution in [2.45, 2.75) is 36.6 Å². The molecule has 3 aromatic heterocycles. The third-order valence-corrected chi connectivity index (χ3v) is 10.3. The van der Waals surface area contributed by atoms with Gasteiger partial charge in [0.25, 0.3) is 5.78 Å². The SMILES string of the molecule is COc1cc(C2C(=C(O)c3c(C)nc4ccccn34)C(=O)C(=O)N2c2nnc(SCc3ccc(C)cc3)s2)ccc1OCc1ccccc1. The fourth-order valence-corrected chi connectivity index (χ4v) is 7.59. The van der Waals surface area contributed by atoms with Crippen molar-refractivity contribution in [3.05, 3.63) is 136 Å². The number of fused-ring (bicyclic) bond motifs is 1. The number of Topliss-reactive ketones (excluding diaryl/α,β-unsaturated/α-hetero) is 1. The van der Waals surface area contributed by atoms with Crippen molar-refractivity contribution < 1.29 is 24.2 Å². The highest BCUT2D eigenvalue weighted by Gasteiger charge is 2.49. The van der Waals surface area contributed by atoms with Gasteiger partial charge in [-0.05, 0) is 54.8 Å². The van der Waals surface area contributed by atoms with Gasteiger partial charge >= 0.3 is 5.91 Å². The van der Waals surface area contributed by atoms with Crippen molar-refractivity contribution >= 4 is 51.3 Å². The lowest BCUT2D eigenvalue weighted by Gasteiger charge is -2.23. The van der Waals surface area contributed by atoms with Crippen molar-refractivity contribution in [2.75, 3.05) is 12.0 Å². The first-order valence-corrected chi connectivity index (χ1v) is 17.2. The lowest BCUT2D eigenvalue weighted by atomic mass is 9.96. The van der Waals surface area contributed by atoms with Gasteiger partial charge in [0.05, 0.1) is 24.4 Å². The molecule has 1 saturated heterocycles. The molecule has 0 radical (unpaired) electrons. The molecule has 1 aliphatic heterocycles. The van der Waals surface area contributed by atoms with Crippen LogP contribution in [0.15, 0.2) is 107 Å². The summed E-state index contributed by atoms with van der Waals surface area (Å²) in [5.74, 6) is -0.476. The highest BCUT2D eigenvalue weighted by molar-refractivity contribution is 8.00. The van der Waals surface area contributed by atoms with Crippen LogP contribution in [0.2, 0.25) is 0 Å². The molecule has 10 nitrogen and oxygen atoms in total. The van der Waals surface area contributed by atoms with E-state index >= 15 is 0 Å². The number of thioether (sulfide) groups is 1. The third-order valence-electron chi connectivity index (χ3n) is 8.20. The van der Waals surface area contributed by atoms with E-state index in [1.807, 2.05) is 43.3 Å². The fourth-order valence-electron chi connectivity index (χ4n) is 5.77. The van der Waals surface area contributed by atoms with Crippen LogP contribution in [0.3, 0.4) is 0 Å². The van der Waals surface area contributed by atoms with Crippen molar-refractivity contribution in [1.29, 1.82) is 0 Å². The Bertz CT molecular complexity index is 2210. The van der Waals surface area contributed by atoms with Crippen LogP contribution in [0.1, 0.15) is 39.7 Å². The van der Waals surface area contributed by atoms with E-state index in [-0.39, 0.29) is 16.5 Å². The van der Waals surface area contributed by atoms with Gasteiger partial charge in [-0.2, -0.15) is 0 Å². The van der Waals surface area contributed by atoms with Crippen molar-refractivity contribution in [3.63, 3.8) is 0 Å². The van der Waals surface area contributed by atoms with Crippen molar-refractivity contribution in [2.24, 2.45) is 0 Å². The van der Waals surface area contributed by atoms with Gasteiger partial charge in [-0.25, -0.2) is 4.98 Å². The normalized spacial score (nSPS) is 15.7. The Balaban J connectivity index is 1.30. The number of carbonyl (C=O) groups excluding carboxylic acids is 2. The Hall–Kier alpha value is -5.46. The van der Waals surface area contributed by atoms with E-state index in [9.17, 15) is 14.7 Å². The number of hydrogen-bond acceptors (Lipinski definition) is 10. The molecular formula is C37H31N5O5S2. The Morgan fingerprint density at radius 1 is 0.918 bits per heavy atom. The fraction of sp³-hybridized carbons (Fsp3) is 0.162. The topological polar surface area (TPSA) is 119 Å². The van der Waals surface area contributed by atoms with Gasteiger partial charge in [0.2, 0.25) is 5.13 Å². The monoisotopic (exact) mass is 689 g/mol. The smallest absolute Gasteiger partial charge is 0.301 e. The van der Waals surface area contributed by atoms with Gasteiger partial charge in [0.1, 0.15) is 17.9 Å². The quantitative estimate of drug-likeness (QED) is 0.0519. The van der Waals surface area contributed by atoms with Crippen LogP contribution >= 0.6 is 23.1 Å². The first-order valence-electron chi connectivity index (χ1n) is 15.4. The molecular weight excluding hydrogens is 659 g/mol. The molecule has 49 heavy (non-hydrogen) atoms. The zero-order valence-electron chi connectivity index (χ0n) is 26.9. The number of aromatic nitrogens is 4. The van der Waals surface area contributed by atoms with Crippen molar-refractivity contribution in [3.8, 4) is 11.5 Å². The van der Waals surface area contributed by atoms with Gasteiger partial charge in [0, 0.05) is 11.9 Å². The summed E-state index contributed by atoms with van der Waals surface area (Å²) in [7, 11) is 1.52. The number of pyridine rings is 1. The van der Waals surface area contributed by atoms with Crippen LogP contribution in [-0.2, 0) is 21.9 Å². The number of aliphatic hydroxyl groups excluding tert-OH is 1. The second kappa shape index (κ2) is 13.6. The minimum Gasteiger partial charge on any atom is -0.505 e. The molecule has 1 fully saturated rings. The van der Waals surface area contributed by atoms with Gasteiger partial charge in [0.15, 0.2) is 21.6 Å². The highest BCUT2D eigenvalue weighted by Crippen LogP contribution is 2.46. The Morgan fingerprint density at radius 2 is 1.69 bits per heavy atom. The number of anilines is 1. The molecule has 1 atom stereocenters. The maximum Gasteiger partial charge on any atom is 0.301 e. The number of benzene rings is 3. The maximum absolute atomic E-state index is 13.9. The van der Waals surface area contributed by atoms with E-state index in [2.05, 4.69) is 39.4 Å². The number of ether oxygens (including phenoxy) is 2. The zero-order valence-corrected chi connectivity index (χ0v) is 28.5. The highest BCUT2D eigenvalue weighted by atomic mass is 32.2. The number of rotatable bonds is 10. The number of ketones is 1. The summed E-state index contributed by atoms with van der Waals surface area (Å²) in [6, 6.07) is 27.6. The van der Waals surface area contributed by atoms with Gasteiger partial charge in [-0.3, -0.25) is 18.9 Å². The number of aliphatic hydroxyl groups is 1. The summed E-state index contributed by atoms with van der Waals surface area (Å²) in [6.45, 7) is 4.10. The van der Waals surface area contributed by atoms with E-state index < -0.39 is 17.7 Å². The summed E-state index contributed by atoms with van der Waals surface area (Å²) in [5.41, 5.74) is 5.11. The van der Waals surface area contributed by atoms with Crippen LogP contribution in [0.4, 0.5) is 5.13 Å². The van der Waals surface area contributed by atoms with Crippen LogP contribution in [0.25, 0.3) is 11.4 Å².